The summed E-state index contributed by atoms with van der Waals surface area (Å²) in [5.41, 5.74) is 0. The average Bonchev–Trinajstić information content (AvgIpc) is 3.26. The van der Waals surface area contributed by atoms with Gasteiger partial charge in [0.2, 0.25) is 0 Å². The van der Waals surface area contributed by atoms with Gasteiger partial charge in [0.1, 0.15) is 4.21 Å². The fourth-order valence-electron chi connectivity index (χ4n) is 2.04. The zero-order valence-corrected chi connectivity index (χ0v) is 19.0. The van der Waals surface area contributed by atoms with E-state index < -0.39 is 10.0 Å². The van der Waals surface area contributed by atoms with Gasteiger partial charge in [-0.15, -0.1) is 35.3 Å². The van der Waals surface area contributed by atoms with Gasteiger partial charge in [-0.2, -0.15) is 5.10 Å². The summed E-state index contributed by atoms with van der Waals surface area (Å²) < 4.78 is 27.6. The minimum Gasteiger partial charge on any atom is -0.356 e. The Morgan fingerprint density at radius 3 is 2.73 bits per heavy atom. The number of rotatable bonds is 8. The van der Waals surface area contributed by atoms with Crippen LogP contribution in [0.2, 0.25) is 0 Å². The number of aromatic nitrogens is 2. The van der Waals surface area contributed by atoms with Gasteiger partial charge < -0.3 is 10.6 Å². The molecule has 0 radical (unpaired) electrons. The number of aryl methyl sites for hydroxylation is 1. The van der Waals surface area contributed by atoms with E-state index in [9.17, 15) is 8.42 Å². The van der Waals surface area contributed by atoms with Crippen molar-refractivity contribution >= 4 is 51.3 Å². The van der Waals surface area contributed by atoms with Crippen molar-refractivity contribution in [2.75, 3.05) is 27.7 Å². The Morgan fingerprint density at radius 1 is 1.35 bits per heavy atom. The molecule has 0 saturated carbocycles. The number of guanidine groups is 1. The molecular formula is C15H25IN6O2S2. The number of hydrogen-bond donors (Lipinski definition) is 2. The molecule has 0 amide bonds. The predicted octanol–water partition coefficient (Wildman–Crippen LogP) is 1.57. The molecule has 2 rings (SSSR count). The number of aliphatic imine (C=N–C) groups is 1. The Bertz CT molecular complexity index is 787. The van der Waals surface area contributed by atoms with Crippen LogP contribution in [0, 0.1) is 0 Å². The first-order valence-electron chi connectivity index (χ1n) is 7.86. The van der Waals surface area contributed by atoms with E-state index in [-0.39, 0.29) is 24.0 Å². The van der Waals surface area contributed by atoms with Crippen molar-refractivity contribution in [3.8, 4) is 0 Å². The van der Waals surface area contributed by atoms with Crippen molar-refractivity contribution in [1.29, 1.82) is 0 Å². The molecule has 0 aromatic carbocycles. The lowest BCUT2D eigenvalue weighted by molar-refractivity contribution is 0.523. The summed E-state index contributed by atoms with van der Waals surface area (Å²) in [6.45, 7) is 2.13. The summed E-state index contributed by atoms with van der Waals surface area (Å²) in [6, 6.07) is 5.36. The molecule has 0 aliphatic heterocycles. The molecule has 0 saturated heterocycles. The topological polar surface area (TPSA) is 91.6 Å². The summed E-state index contributed by atoms with van der Waals surface area (Å²) in [7, 11) is 1.40. The van der Waals surface area contributed by atoms with Crippen molar-refractivity contribution in [1.82, 2.24) is 24.7 Å². The molecule has 11 heteroatoms. The van der Waals surface area contributed by atoms with Gasteiger partial charge in [-0.1, -0.05) is 0 Å². The van der Waals surface area contributed by atoms with Crippen molar-refractivity contribution in [3.63, 3.8) is 0 Å². The Morgan fingerprint density at radius 2 is 2.12 bits per heavy atom. The van der Waals surface area contributed by atoms with E-state index in [1.165, 1.54) is 29.7 Å². The van der Waals surface area contributed by atoms with Crippen LogP contribution >= 0.6 is 35.3 Å². The molecule has 146 valence electrons. The highest BCUT2D eigenvalue weighted by Crippen LogP contribution is 2.23. The number of thiophene rings is 1. The Balaban J connectivity index is 0.00000338. The third-order valence-electron chi connectivity index (χ3n) is 3.44. The Kier molecular flexibility index (Phi) is 9.54. The molecule has 0 bridgehead atoms. The third-order valence-corrected chi connectivity index (χ3v) is 6.81. The first kappa shape index (κ1) is 22.9. The summed E-state index contributed by atoms with van der Waals surface area (Å²) in [6.07, 6.45) is 4.62. The van der Waals surface area contributed by atoms with Gasteiger partial charge in [0, 0.05) is 51.5 Å². The standard InChI is InChI=1S/C15H24N6O2S2.HI/c1-16-15(17-8-4-10-21-11-5-9-19-21)18-12-13-6-7-14(24-13)25(22,23)20(2)3;/h5-7,9,11H,4,8,10,12H2,1-3H3,(H2,16,17,18);1H. The van der Waals surface area contributed by atoms with E-state index in [1.807, 2.05) is 23.0 Å². The highest BCUT2D eigenvalue weighted by molar-refractivity contribution is 14.0. The van der Waals surface area contributed by atoms with Crippen LogP contribution < -0.4 is 10.6 Å². The molecular weight excluding hydrogens is 487 g/mol. The van der Waals surface area contributed by atoms with Crippen LogP contribution in [0.4, 0.5) is 0 Å². The maximum atomic E-state index is 12.1. The molecule has 0 fully saturated rings. The zero-order chi connectivity index (χ0) is 18.3. The molecule has 8 nitrogen and oxygen atoms in total. The minimum absolute atomic E-state index is 0. The van der Waals surface area contributed by atoms with Gasteiger partial charge in [-0.05, 0) is 24.6 Å². The maximum Gasteiger partial charge on any atom is 0.252 e. The second kappa shape index (κ2) is 10.8. The minimum atomic E-state index is -3.37. The number of hydrogen-bond acceptors (Lipinski definition) is 5. The number of halogens is 1. The summed E-state index contributed by atoms with van der Waals surface area (Å²) in [5.74, 6) is 0.686. The van der Waals surface area contributed by atoms with Gasteiger partial charge >= 0.3 is 0 Å². The van der Waals surface area contributed by atoms with Crippen molar-refractivity contribution < 1.29 is 8.42 Å². The van der Waals surface area contributed by atoms with E-state index >= 15 is 0 Å². The van der Waals surface area contributed by atoms with Crippen LogP contribution in [-0.4, -0.2) is 56.2 Å². The molecule has 0 aliphatic carbocycles. The molecule has 0 unspecified atom stereocenters. The Hall–Kier alpha value is -1.18. The molecule has 2 heterocycles. The smallest absolute Gasteiger partial charge is 0.252 e. The van der Waals surface area contributed by atoms with Crippen molar-refractivity contribution in [3.05, 3.63) is 35.5 Å². The van der Waals surface area contributed by atoms with E-state index in [2.05, 4.69) is 20.7 Å². The van der Waals surface area contributed by atoms with Gasteiger partial charge in [-0.25, -0.2) is 12.7 Å². The predicted molar refractivity (Wildman–Crippen MR) is 116 cm³/mol. The largest absolute Gasteiger partial charge is 0.356 e. The van der Waals surface area contributed by atoms with E-state index in [1.54, 1.807) is 19.3 Å². The van der Waals surface area contributed by atoms with Gasteiger partial charge in [0.05, 0.1) is 6.54 Å². The highest BCUT2D eigenvalue weighted by atomic mass is 127. The molecule has 0 atom stereocenters. The second-order valence-corrected chi connectivity index (χ2v) is 9.03. The molecule has 0 aliphatic rings. The number of nitrogens with zero attached hydrogens (tertiary/aromatic N) is 4. The first-order chi connectivity index (χ1) is 11.9. The summed E-state index contributed by atoms with van der Waals surface area (Å²) in [5, 5.41) is 10.6. The number of nitrogens with one attached hydrogen (secondary N) is 2. The van der Waals surface area contributed by atoms with Crippen molar-refractivity contribution in [2.45, 2.75) is 23.7 Å². The molecule has 26 heavy (non-hydrogen) atoms. The molecule has 0 spiro atoms. The van der Waals surface area contributed by atoms with Crippen LogP contribution in [-0.2, 0) is 23.1 Å². The lowest BCUT2D eigenvalue weighted by Crippen LogP contribution is -2.37. The lowest BCUT2D eigenvalue weighted by Gasteiger charge is -2.11. The summed E-state index contributed by atoms with van der Waals surface area (Å²) in [4.78, 5) is 5.10. The van der Waals surface area contributed by atoms with Crippen LogP contribution in [0.3, 0.4) is 0 Å². The van der Waals surface area contributed by atoms with Crippen LogP contribution in [0.15, 0.2) is 39.8 Å². The molecule has 2 aromatic heterocycles. The van der Waals surface area contributed by atoms with Crippen LogP contribution in [0.5, 0.6) is 0 Å². The fourth-order valence-corrected chi connectivity index (χ4v) is 4.51. The average molecular weight is 512 g/mol. The first-order valence-corrected chi connectivity index (χ1v) is 10.1. The monoisotopic (exact) mass is 512 g/mol. The highest BCUT2D eigenvalue weighted by Gasteiger charge is 2.19. The SMILES string of the molecule is CN=C(NCCCn1cccn1)NCc1ccc(S(=O)(=O)N(C)C)s1.I. The quantitative estimate of drug-likeness (QED) is 0.243. The van der Waals surface area contributed by atoms with E-state index in [0.717, 1.165) is 24.4 Å². The third kappa shape index (κ3) is 6.52. The molecule has 2 N–H and O–H groups in total. The summed E-state index contributed by atoms with van der Waals surface area (Å²) >= 11 is 1.26. The normalized spacial score (nSPS) is 12.1. The second-order valence-electron chi connectivity index (χ2n) is 5.48. The zero-order valence-electron chi connectivity index (χ0n) is 15.0. The van der Waals surface area contributed by atoms with E-state index in [0.29, 0.717) is 16.7 Å². The Labute approximate surface area is 175 Å². The van der Waals surface area contributed by atoms with Crippen LogP contribution in [0.1, 0.15) is 11.3 Å². The maximum absolute atomic E-state index is 12.1. The van der Waals surface area contributed by atoms with Gasteiger partial charge in [0.15, 0.2) is 5.96 Å². The van der Waals surface area contributed by atoms with Gasteiger partial charge in [-0.3, -0.25) is 9.67 Å². The van der Waals surface area contributed by atoms with Gasteiger partial charge in [0.25, 0.3) is 10.0 Å². The molecule has 2 aromatic rings. The van der Waals surface area contributed by atoms with Crippen molar-refractivity contribution in [2.24, 2.45) is 4.99 Å². The fraction of sp³-hybridized carbons (Fsp3) is 0.467. The van der Waals surface area contributed by atoms with Crippen LogP contribution in [0.25, 0.3) is 0 Å². The number of sulfonamides is 1. The lowest BCUT2D eigenvalue weighted by atomic mass is 10.4. The van der Waals surface area contributed by atoms with E-state index in [4.69, 9.17) is 0 Å².